The highest BCUT2D eigenvalue weighted by Gasteiger charge is 2.45. The molecule has 0 radical (unpaired) electrons. The summed E-state index contributed by atoms with van der Waals surface area (Å²) in [6.07, 6.45) is 3.63. The fraction of sp³-hybridized carbons (Fsp3) is 0.500. The van der Waals surface area contributed by atoms with Gasteiger partial charge in [-0.3, -0.25) is 4.79 Å². The van der Waals surface area contributed by atoms with Crippen LogP contribution in [0, 0.1) is 5.92 Å². The summed E-state index contributed by atoms with van der Waals surface area (Å²) in [7, 11) is 1.53. The molecule has 4 heteroatoms. The monoisotopic (exact) mass is 220 g/mol. The summed E-state index contributed by atoms with van der Waals surface area (Å²) in [6, 6.07) is 3.46. The fourth-order valence-corrected chi connectivity index (χ4v) is 1.85. The molecule has 1 atom stereocenters. The van der Waals surface area contributed by atoms with Crippen LogP contribution in [0.5, 0.6) is 5.75 Å². The van der Waals surface area contributed by atoms with Crippen molar-refractivity contribution in [2.75, 3.05) is 7.11 Å². The number of ether oxygens (including phenoxy) is 1. The van der Waals surface area contributed by atoms with Crippen LogP contribution < -0.4 is 10.5 Å². The van der Waals surface area contributed by atoms with Crippen LogP contribution in [0.25, 0.3) is 0 Å². The Labute approximate surface area is 94.8 Å². The first-order valence-corrected chi connectivity index (χ1v) is 5.40. The highest BCUT2D eigenvalue weighted by molar-refractivity contribution is 6.03. The number of carbonyl (C=O) groups excluding carboxylic acids is 1. The van der Waals surface area contributed by atoms with Crippen LogP contribution in [0.4, 0.5) is 0 Å². The molecule has 1 saturated carbocycles. The summed E-state index contributed by atoms with van der Waals surface area (Å²) in [4.78, 5) is 16.3. The summed E-state index contributed by atoms with van der Waals surface area (Å²) < 4.78 is 5.12. The van der Waals surface area contributed by atoms with Gasteiger partial charge >= 0.3 is 0 Å². The highest BCUT2D eigenvalue weighted by Crippen LogP contribution is 2.40. The molecule has 1 aromatic heterocycles. The fourth-order valence-electron chi connectivity index (χ4n) is 1.85. The maximum atomic E-state index is 12.3. The Bertz CT molecular complexity index is 411. The minimum Gasteiger partial charge on any atom is -0.494 e. The number of ketones is 1. The molecule has 0 aromatic carbocycles. The minimum absolute atomic E-state index is 0.132. The molecule has 1 unspecified atom stereocenters. The molecular weight excluding hydrogens is 204 g/mol. The second kappa shape index (κ2) is 3.87. The van der Waals surface area contributed by atoms with Crippen LogP contribution in [0.1, 0.15) is 30.3 Å². The van der Waals surface area contributed by atoms with E-state index in [1.54, 1.807) is 25.3 Å². The molecule has 16 heavy (non-hydrogen) atoms. The molecule has 4 nitrogen and oxygen atoms in total. The number of hydrogen-bond acceptors (Lipinski definition) is 4. The molecule has 0 aliphatic heterocycles. The Morgan fingerprint density at radius 2 is 2.31 bits per heavy atom. The van der Waals surface area contributed by atoms with Gasteiger partial charge in [0, 0.05) is 6.20 Å². The number of nitrogens with two attached hydrogens (primary N) is 1. The van der Waals surface area contributed by atoms with E-state index in [2.05, 4.69) is 4.98 Å². The minimum atomic E-state index is -0.818. The molecule has 1 aliphatic rings. The quantitative estimate of drug-likeness (QED) is 0.779. The van der Waals surface area contributed by atoms with Crippen molar-refractivity contribution in [3.8, 4) is 5.75 Å². The van der Waals surface area contributed by atoms with Crippen LogP contribution in [0.15, 0.2) is 18.3 Å². The predicted molar refractivity (Wildman–Crippen MR) is 60.4 cm³/mol. The topological polar surface area (TPSA) is 65.2 Å². The van der Waals surface area contributed by atoms with Gasteiger partial charge in [-0.1, -0.05) is 0 Å². The summed E-state index contributed by atoms with van der Waals surface area (Å²) >= 11 is 0. The first-order valence-electron chi connectivity index (χ1n) is 5.40. The Morgan fingerprint density at radius 3 is 2.88 bits per heavy atom. The van der Waals surface area contributed by atoms with Gasteiger partial charge in [0.1, 0.15) is 11.4 Å². The second-order valence-electron chi connectivity index (χ2n) is 4.44. The summed E-state index contributed by atoms with van der Waals surface area (Å²) in [5.41, 5.74) is 5.59. The Kier molecular flexibility index (Phi) is 2.68. The van der Waals surface area contributed by atoms with Crippen molar-refractivity contribution in [3.05, 3.63) is 24.0 Å². The Hall–Kier alpha value is -1.42. The molecule has 1 aromatic rings. The number of carbonyl (C=O) groups is 1. The van der Waals surface area contributed by atoms with Crippen molar-refractivity contribution in [2.45, 2.75) is 25.3 Å². The third-order valence-electron chi connectivity index (χ3n) is 3.12. The van der Waals surface area contributed by atoms with Crippen LogP contribution in [-0.2, 0) is 0 Å². The smallest absolute Gasteiger partial charge is 0.204 e. The number of aromatic nitrogens is 1. The molecule has 1 fully saturated rings. The van der Waals surface area contributed by atoms with Gasteiger partial charge in [0.05, 0.1) is 12.6 Å². The normalized spacial score (nSPS) is 18.9. The average Bonchev–Trinajstić information content (AvgIpc) is 3.12. The van der Waals surface area contributed by atoms with Gasteiger partial charge in [-0.15, -0.1) is 0 Å². The van der Waals surface area contributed by atoms with Crippen molar-refractivity contribution >= 4 is 5.78 Å². The van der Waals surface area contributed by atoms with Gasteiger partial charge in [0.15, 0.2) is 0 Å². The molecule has 2 rings (SSSR count). The lowest BCUT2D eigenvalue weighted by Gasteiger charge is -2.22. The maximum absolute atomic E-state index is 12.3. The Balaban J connectivity index is 2.33. The molecule has 86 valence electrons. The van der Waals surface area contributed by atoms with E-state index in [9.17, 15) is 4.79 Å². The van der Waals surface area contributed by atoms with Gasteiger partial charge < -0.3 is 10.5 Å². The number of pyridine rings is 1. The van der Waals surface area contributed by atoms with Crippen molar-refractivity contribution in [3.63, 3.8) is 0 Å². The molecular formula is C12H16N2O2. The largest absolute Gasteiger partial charge is 0.494 e. The molecule has 0 spiro atoms. The lowest BCUT2D eigenvalue weighted by Crippen LogP contribution is -2.47. The van der Waals surface area contributed by atoms with E-state index in [1.165, 1.54) is 7.11 Å². The standard InChI is InChI=1S/C12H16N2O2/c1-12(13,8-5-6-8)11(15)10-9(16-2)4-3-7-14-10/h3-4,7-8H,5-6,13H2,1-2H3. The average molecular weight is 220 g/mol. The third kappa shape index (κ3) is 1.80. The SMILES string of the molecule is COc1cccnc1C(=O)C(C)(N)C1CC1. The van der Waals surface area contributed by atoms with Crippen molar-refractivity contribution < 1.29 is 9.53 Å². The summed E-state index contributed by atoms with van der Waals surface area (Å²) in [5.74, 6) is 0.643. The van der Waals surface area contributed by atoms with Crippen molar-refractivity contribution in [1.82, 2.24) is 4.98 Å². The van der Waals surface area contributed by atoms with Crippen LogP contribution in [-0.4, -0.2) is 23.4 Å². The van der Waals surface area contributed by atoms with Crippen LogP contribution >= 0.6 is 0 Å². The molecule has 2 N–H and O–H groups in total. The summed E-state index contributed by atoms with van der Waals surface area (Å²) in [5, 5.41) is 0. The zero-order valence-electron chi connectivity index (χ0n) is 9.56. The Morgan fingerprint density at radius 1 is 1.62 bits per heavy atom. The second-order valence-corrected chi connectivity index (χ2v) is 4.44. The van der Waals surface area contributed by atoms with Gasteiger partial charge in [-0.2, -0.15) is 0 Å². The van der Waals surface area contributed by atoms with Crippen molar-refractivity contribution in [2.24, 2.45) is 11.7 Å². The van der Waals surface area contributed by atoms with E-state index < -0.39 is 5.54 Å². The molecule has 1 heterocycles. The zero-order chi connectivity index (χ0) is 11.8. The first kappa shape index (κ1) is 11.1. The van der Waals surface area contributed by atoms with E-state index in [-0.39, 0.29) is 11.7 Å². The number of rotatable bonds is 4. The van der Waals surface area contributed by atoms with Gasteiger partial charge in [-0.25, -0.2) is 4.98 Å². The third-order valence-corrected chi connectivity index (χ3v) is 3.12. The number of nitrogens with zero attached hydrogens (tertiary/aromatic N) is 1. The molecule has 1 aliphatic carbocycles. The van der Waals surface area contributed by atoms with Crippen molar-refractivity contribution in [1.29, 1.82) is 0 Å². The predicted octanol–water partition coefficient (Wildman–Crippen LogP) is 1.40. The van der Waals surface area contributed by atoms with Gasteiger partial charge in [0.2, 0.25) is 5.78 Å². The molecule has 0 amide bonds. The molecule has 0 bridgehead atoms. The van der Waals surface area contributed by atoms with E-state index in [0.29, 0.717) is 11.4 Å². The maximum Gasteiger partial charge on any atom is 0.204 e. The van der Waals surface area contributed by atoms with Gasteiger partial charge in [-0.05, 0) is 37.8 Å². The first-order chi connectivity index (χ1) is 7.57. The van der Waals surface area contributed by atoms with Crippen LogP contribution in [0.2, 0.25) is 0 Å². The van der Waals surface area contributed by atoms with E-state index >= 15 is 0 Å². The lowest BCUT2D eigenvalue weighted by atomic mass is 9.89. The summed E-state index contributed by atoms with van der Waals surface area (Å²) in [6.45, 7) is 1.78. The number of methoxy groups -OCH3 is 1. The van der Waals surface area contributed by atoms with Crippen LogP contribution in [0.3, 0.4) is 0 Å². The van der Waals surface area contributed by atoms with E-state index in [0.717, 1.165) is 12.8 Å². The van der Waals surface area contributed by atoms with E-state index in [1.807, 2.05) is 0 Å². The highest BCUT2D eigenvalue weighted by atomic mass is 16.5. The lowest BCUT2D eigenvalue weighted by molar-refractivity contribution is 0.0874. The number of Topliss-reactive ketones (excluding diaryl/α,β-unsaturated/α-hetero) is 1. The molecule has 0 saturated heterocycles. The zero-order valence-corrected chi connectivity index (χ0v) is 9.56. The van der Waals surface area contributed by atoms with Gasteiger partial charge in [0.25, 0.3) is 0 Å². The van der Waals surface area contributed by atoms with E-state index in [4.69, 9.17) is 10.5 Å². The number of hydrogen-bond donors (Lipinski definition) is 1.